The van der Waals surface area contributed by atoms with Gasteiger partial charge in [-0.3, -0.25) is 9.59 Å². The monoisotopic (exact) mass is 562 g/mol. The molecule has 39 heavy (non-hydrogen) atoms. The molecule has 0 unspecified atom stereocenters. The average Bonchev–Trinajstić information content (AvgIpc) is 2.88. The Morgan fingerprint density at radius 3 is 1.74 bits per heavy atom. The molecule has 2 nitrogen and oxygen atoms in total. The second-order valence-electron chi connectivity index (χ2n) is 9.94. The number of benzene rings is 4. The molecule has 0 radical (unpaired) electrons. The van der Waals surface area contributed by atoms with Gasteiger partial charge in [-0.05, 0) is 66.8 Å². The number of alkyl halides is 3. The van der Waals surface area contributed by atoms with Crippen molar-refractivity contribution in [3.63, 3.8) is 0 Å². The Kier molecular flexibility index (Phi) is 7.49. The van der Waals surface area contributed by atoms with Crippen LogP contribution >= 0.6 is 23.5 Å². The van der Waals surface area contributed by atoms with E-state index in [1.54, 1.807) is 36.4 Å². The van der Waals surface area contributed by atoms with Gasteiger partial charge < -0.3 is 0 Å². The second kappa shape index (κ2) is 10.7. The van der Waals surface area contributed by atoms with Crippen LogP contribution < -0.4 is 0 Å². The minimum absolute atomic E-state index is 0.127. The molecule has 198 valence electrons. The highest BCUT2D eigenvalue weighted by molar-refractivity contribution is 7.99. The number of ketones is 2. The summed E-state index contributed by atoms with van der Waals surface area (Å²) >= 11 is 2.49. The lowest BCUT2D eigenvalue weighted by Gasteiger charge is -2.22. The van der Waals surface area contributed by atoms with Gasteiger partial charge in [-0.15, -0.1) is 0 Å². The first-order chi connectivity index (χ1) is 18.5. The molecule has 0 spiro atoms. The number of carbonyl (C=O) groups is 2. The SMILES string of the molecule is Cc1ccc(Sc2cccc3c2C(=O)c2cccc(Sc4ccc(CC(C)C)cc4)c2C3=O)cc1C(F)(F)F. The molecule has 0 atom stereocenters. The number of aryl methyl sites for hydroxylation is 1. The molecule has 5 rings (SSSR count). The molecule has 4 aromatic carbocycles. The number of fused-ring (bicyclic) bond motifs is 2. The third-order valence-electron chi connectivity index (χ3n) is 6.53. The summed E-state index contributed by atoms with van der Waals surface area (Å²) in [4.78, 5) is 29.9. The number of rotatable bonds is 6. The van der Waals surface area contributed by atoms with Crippen LogP contribution in [0.2, 0.25) is 0 Å². The zero-order valence-electron chi connectivity index (χ0n) is 21.6. The Balaban J connectivity index is 1.49. The van der Waals surface area contributed by atoms with E-state index in [0.717, 1.165) is 29.1 Å². The van der Waals surface area contributed by atoms with Gasteiger partial charge in [-0.2, -0.15) is 13.2 Å². The van der Waals surface area contributed by atoms with Gasteiger partial charge in [0.15, 0.2) is 11.6 Å². The first kappa shape index (κ1) is 27.3. The number of halogens is 3. The minimum Gasteiger partial charge on any atom is -0.289 e. The van der Waals surface area contributed by atoms with Crippen molar-refractivity contribution in [2.45, 2.75) is 53.0 Å². The fourth-order valence-electron chi connectivity index (χ4n) is 4.74. The van der Waals surface area contributed by atoms with Crippen LogP contribution in [0.25, 0.3) is 0 Å². The van der Waals surface area contributed by atoms with Crippen LogP contribution in [0.1, 0.15) is 62.4 Å². The Morgan fingerprint density at radius 1 is 0.718 bits per heavy atom. The predicted molar refractivity (Wildman–Crippen MR) is 149 cm³/mol. The fraction of sp³-hybridized carbons (Fsp3) is 0.188. The van der Waals surface area contributed by atoms with Crippen molar-refractivity contribution in [2.75, 3.05) is 0 Å². The van der Waals surface area contributed by atoms with Crippen LogP contribution in [0.3, 0.4) is 0 Å². The standard InChI is InChI=1S/C32H25F3O2S2/c1-18(2)16-20-11-14-21(15-12-20)38-26-8-4-6-23-28(26)30(36)24-7-5-9-27(29(24)31(23)37)39-22-13-10-19(3)25(17-22)32(33,34)35/h4-15,17-18H,16H2,1-3H3. The topological polar surface area (TPSA) is 34.1 Å². The zero-order chi connectivity index (χ0) is 27.9. The lowest BCUT2D eigenvalue weighted by molar-refractivity contribution is -0.138. The van der Waals surface area contributed by atoms with E-state index in [-0.39, 0.29) is 28.3 Å². The minimum atomic E-state index is -4.48. The van der Waals surface area contributed by atoms with Crippen molar-refractivity contribution in [3.05, 3.63) is 118 Å². The molecule has 1 aliphatic carbocycles. The van der Waals surface area contributed by atoms with Gasteiger partial charge in [-0.1, -0.05) is 79.8 Å². The van der Waals surface area contributed by atoms with E-state index < -0.39 is 11.7 Å². The van der Waals surface area contributed by atoms with E-state index in [1.807, 2.05) is 18.2 Å². The smallest absolute Gasteiger partial charge is 0.289 e. The van der Waals surface area contributed by atoms with Crippen LogP contribution in [-0.2, 0) is 12.6 Å². The molecule has 0 aliphatic heterocycles. The molecule has 0 amide bonds. The summed E-state index contributed by atoms with van der Waals surface area (Å²) in [5.74, 6) is -0.0175. The van der Waals surface area contributed by atoms with Gasteiger partial charge in [0.1, 0.15) is 0 Å². The van der Waals surface area contributed by atoms with Crippen LogP contribution in [0.4, 0.5) is 13.2 Å². The first-order valence-electron chi connectivity index (χ1n) is 12.5. The van der Waals surface area contributed by atoms with Gasteiger partial charge in [-0.25, -0.2) is 0 Å². The molecule has 1 aliphatic rings. The van der Waals surface area contributed by atoms with Crippen LogP contribution in [0.15, 0.2) is 98.4 Å². The molecular formula is C32H25F3O2S2. The van der Waals surface area contributed by atoms with Gasteiger partial charge in [0, 0.05) is 41.8 Å². The van der Waals surface area contributed by atoms with Crippen LogP contribution in [0.5, 0.6) is 0 Å². The number of hydrogen-bond acceptors (Lipinski definition) is 4. The third-order valence-corrected chi connectivity index (χ3v) is 8.65. The second-order valence-corrected chi connectivity index (χ2v) is 12.2. The van der Waals surface area contributed by atoms with Gasteiger partial charge in [0.05, 0.1) is 5.56 Å². The van der Waals surface area contributed by atoms with E-state index in [2.05, 4.69) is 26.0 Å². The van der Waals surface area contributed by atoms with Crippen LogP contribution in [0, 0.1) is 12.8 Å². The van der Waals surface area contributed by atoms with Gasteiger partial charge in [0.2, 0.25) is 0 Å². The molecule has 7 heteroatoms. The van der Waals surface area contributed by atoms with Crippen molar-refractivity contribution in [3.8, 4) is 0 Å². The third kappa shape index (κ3) is 5.56. The summed E-state index contributed by atoms with van der Waals surface area (Å²) in [5, 5.41) is 0. The molecule has 0 N–H and O–H groups in total. The molecular weight excluding hydrogens is 537 g/mol. The Hall–Kier alpha value is -3.29. The van der Waals surface area contributed by atoms with Crippen molar-refractivity contribution >= 4 is 35.1 Å². The maximum Gasteiger partial charge on any atom is 0.416 e. The zero-order valence-corrected chi connectivity index (χ0v) is 23.2. The van der Waals surface area contributed by atoms with Gasteiger partial charge in [0.25, 0.3) is 0 Å². The summed E-state index contributed by atoms with van der Waals surface area (Å²) in [7, 11) is 0. The van der Waals surface area contributed by atoms with E-state index in [9.17, 15) is 22.8 Å². The molecule has 0 fully saturated rings. The normalized spacial score (nSPS) is 13.0. The highest BCUT2D eigenvalue weighted by Crippen LogP contribution is 2.42. The highest BCUT2D eigenvalue weighted by atomic mass is 32.2. The molecule has 0 bridgehead atoms. The molecule has 4 aromatic rings. The number of hydrogen-bond donors (Lipinski definition) is 0. The van der Waals surface area contributed by atoms with Gasteiger partial charge >= 0.3 is 6.18 Å². The van der Waals surface area contributed by atoms with Crippen molar-refractivity contribution in [1.82, 2.24) is 0 Å². The summed E-state index contributed by atoms with van der Waals surface area (Å²) in [5.41, 5.74) is 1.82. The molecule has 0 saturated carbocycles. The Bertz CT molecular complexity index is 1590. The molecule has 0 heterocycles. The summed E-state index contributed by atoms with van der Waals surface area (Å²) in [6.45, 7) is 5.75. The summed E-state index contributed by atoms with van der Waals surface area (Å²) in [6, 6.07) is 22.5. The lowest BCUT2D eigenvalue weighted by Crippen LogP contribution is -2.22. The lowest BCUT2D eigenvalue weighted by atomic mass is 9.84. The maximum absolute atomic E-state index is 13.8. The Morgan fingerprint density at radius 2 is 1.23 bits per heavy atom. The van der Waals surface area contributed by atoms with E-state index in [1.165, 1.54) is 30.3 Å². The van der Waals surface area contributed by atoms with Crippen molar-refractivity contribution < 1.29 is 22.8 Å². The summed E-state index contributed by atoms with van der Waals surface area (Å²) in [6.07, 6.45) is -3.50. The fourth-order valence-corrected chi connectivity index (χ4v) is 6.73. The largest absolute Gasteiger partial charge is 0.416 e. The predicted octanol–water partition coefficient (Wildman–Crippen LogP) is 9.29. The van der Waals surface area contributed by atoms with Crippen molar-refractivity contribution in [1.29, 1.82) is 0 Å². The first-order valence-corrected chi connectivity index (χ1v) is 14.1. The summed E-state index contributed by atoms with van der Waals surface area (Å²) < 4.78 is 40.4. The van der Waals surface area contributed by atoms with E-state index in [0.29, 0.717) is 31.7 Å². The van der Waals surface area contributed by atoms with Crippen LogP contribution in [-0.4, -0.2) is 11.6 Å². The molecule has 0 aromatic heterocycles. The molecule has 0 saturated heterocycles. The average molecular weight is 563 g/mol. The maximum atomic E-state index is 13.8. The quantitative estimate of drug-likeness (QED) is 0.207. The number of carbonyl (C=O) groups excluding carboxylic acids is 2. The Labute approximate surface area is 234 Å². The van der Waals surface area contributed by atoms with E-state index >= 15 is 0 Å². The van der Waals surface area contributed by atoms with E-state index in [4.69, 9.17) is 0 Å². The highest BCUT2D eigenvalue weighted by Gasteiger charge is 2.35. The van der Waals surface area contributed by atoms with Crippen molar-refractivity contribution in [2.24, 2.45) is 5.92 Å².